The lowest BCUT2D eigenvalue weighted by Crippen LogP contribution is -2.34. The maximum atomic E-state index is 13.3. The Kier molecular flexibility index (Phi) is 5.51. The van der Waals surface area contributed by atoms with Gasteiger partial charge in [0.05, 0.1) is 7.11 Å². The Labute approximate surface area is 133 Å². The summed E-state index contributed by atoms with van der Waals surface area (Å²) in [6, 6.07) is 10.3. The second-order valence-electron chi connectivity index (χ2n) is 4.68. The maximum absolute atomic E-state index is 13.3. The standard InChI is InChI=1S/C17H17F2NO3/c1-3-20(12-8-9-13(18)14(19)10-12)17(21)11-23-16-7-5-4-6-15(16)22-2/h4-10H,3,11H2,1-2H3. The van der Waals surface area contributed by atoms with E-state index in [0.717, 1.165) is 12.1 Å². The van der Waals surface area contributed by atoms with Gasteiger partial charge in [0.15, 0.2) is 29.7 Å². The van der Waals surface area contributed by atoms with Gasteiger partial charge in [-0.05, 0) is 31.2 Å². The molecular formula is C17H17F2NO3. The molecule has 0 aliphatic heterocycles. The number of halogens is 2. The molecule has 0 heterocycles. The molecule has 0 unspecified atom stereocenters. The van der Waals surface area contributed by atoms with E-state index in [1.54, 1.807) is 31.2 Å². The maximum Gasteiger partial charge on any atom is 0.264 e. The molecule has 0 aliphatic rings. The van der Waals surface area contributed by atoms with Gasteiger partial charge in [0.1, 0.15) is 0 Å². The predicted octanol–water partition coefficient (Wildman–Crippen LogP) is 3.41. The fourth-order valence-electron chi connectivity index (χ4n) is 2.11. The average molecular weight is 321 g/mol. The Morgan fingerprint density at radius 2 is 1.78 bits per heavy atom. The lowest BCUT2D eigenvalue weighted by Gasteiger charge is -2.21. The highest BCUT2D eigenvalue weighted by molar-refractivity contribution is 5.94. The van der Waals surface area contributed by atoms with E-state index in [1.165, 1.54) is 18.1 Å². The first-order chi connectivity index (χ1) is 11.1. The second-order valence-corrected chi connectivity index (χ2v) is 4.68. The van der Waals surface area contributed by atoms with Crippen molar-refractivity contribution < 1.29 is 23.0 Å². The third kappa shape index (κ3) is 3.97. The lowest BCUT2D eigenvalue weighted by molar-refractivity contribution is -0.120. The quantitative estimate of drug-likeness (QED) is 0.818. The summed E-state index contributed by atoms with van der Waals surface area (Å²) in [5.74, 6) is -1.38. The number of carbonyl (C=O) groups excluding carboxylic acids is 1. The molecule has 1 amide bonds. The lowest BCUT2D eigenvalue weighted by atomic mass is 10.2. The van der Waals surface area contributed by atoms with Crippen molar-refractivity contribution >= 4 is 11.6 Å². The van der Waals surface area contributed by atoms with Crippen LogP contribution >= 0.6 is 0 Å². The normalized spacial score (nSPS) is 10.3. The minimum Gasteiger partial charge on any atom is -0.493 e. The molecule has 0 atom stereocenters. The number of anilines is 1. The number of benzene rings is 2. The number of ether oxygens (including phenoxy) is 2. The first-order valence-electron chi connectivity index (χ1n) is 7.08. The van der Waals surface area contributed by atoms with Gasteiger partial charge < -0.3 is 14.4 Å². The van der Waals surface area contributed by atoms with E-state index in [4.69, 9.17) is 9.47 Å². The molecule has 6 heteroatoms. The molecule has 122 valence electrons. The molecule has 23 heavy (non-hydrogen) atoms. The zero-order chi connectivity index (χ0) is 16.8. The van der Waals surface area contributed by atoms with Crippen LogP contribution in [0, 0.1) is 11.6 Å². The molecule has 0 fully saturated rings. The van der Waals surface area contributed by atoms with Crippen LogP contribution in [0.25, 0.3) is 0 Å². The van der Waals surface area contributed by atoms with Crippen molar-refractivity contribution in [3.05, 3.63) is 54.1 Å². The van der Waals surface area contributed by atoms with E-state index in [1.807, 2.05) is 0 Å². The summed E-state index contributed by atoms with van der Waals surface area (Å²) in [4.78, 5) is 13.6. The van der Waals surface area contributed by atoms with Crippen molar-refractivity contribution in [2.75, 3.05) is 25.2 Å². The smallest absolute Gasteiger partial charge is 0.264 e. The molecule has 0 saturated carbocycles. The van der Waals surface area contributed by atoms with Crippen molar-refractivity contribution in [3.63, 3.8) is 0 Å². The van der Waals surface area contributed by atoms with Crippen LogP contribution in [-0.4, -0.2) is 26.2 Å². The topological polar surface area (TPSA) is 38.8 Å². The van der Waals surface area contributed by atoms with E-state index in [0.29, 0.717) is 18.0 Å². The zero-order valence-electron chi connectivity index (χ0n) is 12.9. The van der Waals surface area contributed by atoms with Crippen LogP contribution in [0.5, 0.6) is 11.5 Å². The summed E-state index contributed by atoms with van der Waals surface area (Å²) in [6.45, 7) is 1.80. The van der Waals surface area contributed by atoms with Crippen LogP contribution in [0.3, 0.4) is 0 Å². The number of carbonyl (C=O) groups is 1. The van der Waals surface area contributed by atoms with E-state index in [9.17, 15) is 13.6 Å². The van der Waals surface area contributed by atoms with E-state index < -0.39 is 11.6 Å². The minimum absolute atomic E-state index is 0.243. The van der Waals surface area contributed by atoms with E-state index in [-0.39, 0.29) is 18.2 Å². The Morgan fingerprint density at radius 3 is 2.39 bits per heavy atom. The summed E-state index contributed by atoms with van der Waals surface area (Å²) < 4.78 is 36.9. The van der Waals surface area contributed by atoms with Gasteiger partial charge >= 0.3 is 0 Å². The number of amides is 1. The predicted molar refractivity (Wildman–Crippen MR) is 82.9 cm³/mol. The Bertz CT molecular complexity index is 691. The molecule has 4 nitrogen and oxygen atoms in total. The van der Waals surface area contributed by atoms with Crippen molar-refractivity contribution in [2.45, 2.75) is 6.92 Å². The summed E-state index contributed by atoms with van der Waals surface area (Å²) in [7, 11) is 1.50. The van der Waals surface area contributed by atoms with Crippen LogP contribution in [0.4, 0.5) is 14.5 Å². The van der Waals surface area contributed by atoms with Gasteiger partial charge in [-0.3, -0.25) is 4.79 Å². The van der Waals surface area contributed by atoms with Gasteiger partial charge in [0, 0.05) is 18.3 Å². The van der Waals surface area contributed by atoms with Gasteiger partial charge in [-0.25, -0.2) is 8.78 Å². The van der Waals surface area contributed by atoms with Gasteiger partial charge in [-0.15, -0.1) is 0 Å². The molecule has 0 N–H and O–H groups in total. The van der Waals surface area contributed by atoms with Crippen LogP contribution in [0.2, 0.25) is 0 Å². The summed E-state index contributed by atoms with van der Waals surface area (Å²) in [5, 5.41) is 0. The number of para-hydroxylation sites is 2. The van der Waals surface area contributed by atoms with Crippen LogP contribution in [0.15, 0.2) is 42.5 Å². The van der Waals surface area contributed by atoms with Crippen molar-refractivity contribution in [3.8, 4) is 11.5 Å². The molecular weight excluding hydrogens is 304 g/mol. The van der Waals surface area contributed by atoms with Crippen molar-refractivity contribution in [1.29, 1.82) is 0 Å². The third-order valence-electron chi connectivity index (χ3n) is 3.25. The van der Waals surface area contributed by atoms with Gasteiger partial charge in [0.25, 0.3) is 5.91 Å². The first-order valence-corrected chi connectivity index (χ1v) is 7.08. The van der Waals surface area contributed by atoms with Gasteiger partial charge in [-0.1, -0.05) is 12.1 Å². The fraction of sp³-hybridized carbons (Fsp3) is 0.235. The summed E-state index contributed by atoms with van der Waals surface area (Å²) >= 11 is 0. The SMILES string of the molecule is CCN(C(=O)COc1ccccc1OC)c1ccc(F)c(F)c1. The van der Waals surface area contributed by atoms with Crippen molar-refractivity contribution in [2.24, 2.45) is 0 Å². The molecule has 0 aromatic heterocycles. The Hall–Kier alpha value is -2.63. The molecule has 2 rings (SSSR count). The first kappa shape index (κ1) is 16.7. The van der Waals surface area contributed by atoms with Gasteiger partial charge in [0.2, 0.25) is 0 Å². The third-order valence-corrected chi connectivity index (χ3v) is 3.25. The zero-order valence-corrected chi connectivity index (χ0v) is 12.9. The molecule has 0 aliphatic carbocycles. The number of hydrogen-bond donors (Lipinski definition) is 0. The van der Waals surface area contributed by atoms with Crippen LogP contribution < -0.4 is 14.4 Å². The molecule has 0 radical (unpaired) electrons. The fourth-order valence-corrected chi connectivity index (χ4v) is 2.11. The molecule has 2 aromatic rings. The molecule has 0 bridgehead atoms. The highest BCUT2D eigenvalue weighted by Crippen LogP contribution is 2.26. The molecule has 0 saturated heterocycles. The molecule has 2 aromatic carbocycles. The Morgan fingerprint density at radius 1 is 1.09 bits per heavy atom. The monoisotopic (exact) mass is 321 g/mol. The number of nitrogens with zero attached hydrogens (tertiary/aromatic N) is 1. The summed E-state index contributed by atoms with van der Waals surface area (Å²) in [5.41, 5.74) is 0.278. The molecule has 0 spiro atoms. The highest BCUT2D eigenvalue weighted by atomic mass is 19.2. The number of likely N-dealkylation sites (N-methyl/N-ethyl adjacent to an activating group) is 1. The van der Waals surface area contributed by atoms with E-state index in [2.05, 4.69) is 0 Å². The van der Waals surface area contributed by atoms with Crippen LogP contribution in [0.1, 0.15) is 6.92 Å². The van der Waals surface area contributed by atoms with Crippen LogP contribution in [-0.2, 0) is 4.79 Å². The van der Waals surface area contributed by atoms with Crippen molar-refractivity contribution in [1.82, 2.24) is 0 Å². The Balaban J connectivity index is 2.09. The van der Waals surface area contributed by atoms with Gasteiger partial charge in [-0.2, -0.15) is 0 Å². The minimum atomic E-state index is -1.00. The van der Waals surface area contributed by atoms with E-state index >= 15 is 0 Å². The largest absolute Gasteiger partial charge is 0.493 e. The second kappa shape index (κ2) is 7.58. The number of rotatable bonds is 6. The highest BCUT2D eigenvalue weighted by Gasteiger charge is 2.17. The average Bonchev–Trinajstić information content (AvgIpc) is 2.57. The number of hydrogen-bond acceptors (Lipinski definition) is 3. The number of methoxy groups -OCH3 is 1. The summed E-state index contributed by atoms with van der Waals surface area (Å²) in [6.07, 6.45) is 0.